The van der Waals surface area contributed by atoms with Gasteiger partial charge >= 0.3 is 11.9 Å². The highest BCUT2D eigenvalue weighted by Gasteiger charge is 2.09. The first-order valence-corrected chi connectivity index (χ1v) is 8.95. The Morgan fingerprint density at radius 2 is 1.89 bits per heavy atom. The summed E-state index contributed by atoms with van der Waals surface area (Å²) in [5.41, 5.74) is 1.94. The molecule has 1 aliphatic heterocycles. The van der Waals surface area contributed by atoms with E-state index in [1.807, 2.05) is 29.8 Å². The number of carbonyl (C=O) groups is 2. The predicted octanol–water partition coefficient (Wildman–Crippen LogP) is 0.884. The van der Waals surface area contributed by atoms with E-state index in [1.54, 1.807) is 0 Å². The molecule has 3 heterocycles. The van der Waals surface area contributed by atoms with E-state index in [0.717, 1.165) is 63.0 Å². The zero-order valence-corrected chi connectivity index (χ0v) is 15.7. The number of ether oxygens (including phenoxy) is 1. The maximum absolute atomic E-state index is 9.55. The summed E-state index contributed by atoms with van der Waals surface area (Å²) in [4.78, 5) is 25.8. The molecule has 10 nitrogen and oxygen atoms in total. The van der Waals surface area contributed by atoms with Crippen LogP contribution < -0.4 is 5.32 Å². The van der Waals surface area contributed by atoms with Crippen LogP contribution in [-0.4, -0.2) is 81.0 Å². The fourth-order valence-electron chi connectivity index (χ4n) is 2.57. The van der Waals surface area contributed by atoms with Gasteiger partial charge in [0.2, 0.25) is 0 Å². The zero-order chi connectivity index (χ0) is 20.4. The Balaban J connectivity index is 0.000000300. The van der Waals surface area contributed by atoms with Crippen LogP contribution in [0.25, 0.3) is 5.65 Å². The molecule has 0 unspecified atom stereocenters. The third-order valence-electron chi connectivity index (χ3n) is 3.96. The van der Waals surface area contributed by atoms with Crippen molar-refractivity contribution in [2.24, 2.45) is 0 Å². The molecule has 0 atom stereocenters. The molecule has 0 aliphatic carbocycles. The molecule has 0 bridgehead atoms. The number of carboxylic acids is 2. The van der Waals surface area contributed by atoms with Crippen LogP contribution in [0.2, 0.25) is 0 Å². The molecule has 1 fully saturated rings. The zero-order valence-electron chi connectivity index (χ0n) is 15.7. The number of nitrogens with zero attached hydrogens (tertiary/aromatic N) is 4. The van der Waals surface area contributed by atoms with E-state index >= 15 is 0 Å². The lowest BCUT2D eigenvalue weighted by Gasteiger charge is -2.26. The fraction of sp³-hybridized carbons (Fsp3) is 0.444. The first-order valence-electron chi connectivity index (χ1n) is 8.95. The molecule has 28 heavy (non-hydrogen) atoms. The number of carboxylic acid groups (broad SMARTS) is 2. The summed E-state index contributed by atoms with van der Waals surface area (Å²) < 4.78 is 7.21. The number of imidazole rings is 1. The Morgan fingerprint density at radius 1 is 1.21 bits per heavy atom. The first-order chi connectivity index (χ1) is 13.5. The molecular formula is C18H25N5O5. The van der Waals surface area contributed by atoms with E-state index in [4.69, 9.17) is 14.9 Å². The number of aromatic nitrogens is 3. The van der Waals surface area contributed by atoms with E-state index in [1.165, 1.54) is 0 Å². The molecule has 0 spiro atoms. The van der Waals surface area contributed by atoms with Crippen LogP contribution in [0, 0.1) is 6.92 Å². The van der Waals surface area contributed by atoms with Gasteiger partial charge in [0.1, 0.15) is 5.82 Å². The Labute approximate surface area is 162 Å². The summed E-state index contributed by atoms with van der Waals surface area (Å²) in [6, 6.07) is 3.97. The van der Waals surface area contributed by atoms with Crippen LogP contribution in [-0.2, 0) is 14.3 Å². The molecular weight excluding hydrogens is 366 g/mol. The van der Waals surface area contributed by atoms with Crippen LogP contribution >= 0.6 is 0 Å². The van der Waals surface area contributed by atoms with Crippen molar-refractivity contribution >= 4 is 23.4 Å². The molecule has 152 valence electrons. The highest BCUT2D eigenvalue weighted by molar-refractivity contribution is 5.89. The van der Waals surface area contributed by atoms with Gasteiger partial charge in [0.25, 0.3) is 0 Å². The monoisotopic (exact) mass is 391 g/mol. The number of aryl methyl sites for hydroxylation is 1. The summed E-state index contributed by atoms with van der Waals surface area (Å²) in [5.74, 6) is -1.61. The maximum Gasteiger partial charge on any atom is 0.328 e. The van der Waals surface area contributed by atoms with Gasteiger partial charge in [0.15, 0.2) is 5.65 Å². The van der Waals surface area contributed by atoms with Gasteiger partial charge in [-0.25, -0.2) is 19.1 Å². The minimum Gasteiger partial charge on any atom is -0.478 e. The van der Waals surface area contributed by atoms with Crippen molar-refractivity contribution < 1.29 is 24.5 Å². The third-order valence-corrected chi connectivity index (χ3v) is 3.96. The van der Waals surface area contributed by atoms with Crippen LogP contribution in [0.1, 0.15) is 12.1 Å². The van der Waals surface area contributed by atoms with Crippen molar-refractivity contribution in [2.75, 3.05) is 44.7 Å². The fourth-order valence-corrected chi connectivity index (χ4v) is 2.57. The highest BCUT2D eigenvalue weighted by Crippen LogP contribution is 2.08. The minimum absolute atomic E-state index is 0.558. The van der Waals surface area contributed by atoms with Crippen molar-refractivity contribution in [3.05, 3.63) is 36.2 Å². The van der Waals surface area contributed by atoms with Gasteiger partial charge in [-0.05, 0) is 32.0 Å². The summed E-state index contributed by atoms with van der Waals surface area (Å²) in [6.07, 6.45) is 4.07. The number of fused-ring (bicyclic) bond motifs is 1. The number of hydrogen-bond acceptors (Lipinski definition) is 7. The number of nitrogens with one attached hydrogen (secondary N) is 1. The summed E-state index contributed by atoms with van der Waals surface area (Å²) in [7, 11) is 0. The van der Waals surface area contributed by atoms with E-state index in [0.29, 0.717) is 12.2 Å². The molecule has 0 aromatic carbocycles. The number of anilines is 1. The maximum atomic E-state index is 9.55. The van der Waals surface area contributed by atoms with Crippen molar-refractivity contribution in [1.82, 2.24) is 19.5 Å². The average molecular weight is 391 g/mol. The average Bonchev–Trinajstić information content (AvgIpc) is 3.05. The minimum atomic E-state index is -1.26. The van der Waals surface area contributed by atoms with Crippen LogP contribution in [0.4, 0.5) is 5.82 Å². The van der Waals surface area contributed by atoms with Gasteiger partial charge < -0.3 is 20.3 Å². The number of hydrogen-bond donors (Lipinski definition) is 3. The van der Waals surface area contributed by atoms with E-state index in [-0.39, 0.29) is 0 Å². The Kier molecular flexibility index (Phi) is 8.37. The number of rotatable bonds is 7. The summed E-state index contributed by atoms with van der Waals surface area (Å²) in [5, 5.41) is 23.5. The van der Waals surface area contributed by atoms with Gasteiger partial charge in [-0.3, -0.25) is 4.90 Å². The smallest absolute Gasteiger partial charge is 0.328 e. The Bertz CT molecular complexity index is 798. The molecule has 1 aliphatic rings. The molecule has 3 rings (SSSR count). The number of morpholine rings is 1. The lowest BCUT2D eigenvalue weighted by molar-refractivity contribution is -0.134. The van der Waals surface area contributed by atoms with Crippen LogP contribution in [0.15, 0.2) is 30.5 Å². The molecule has 2 aromatic rings. The van der Waals surface area contributed by atoms with Crippen molar-refractivity contribution in [3.63, 3.8) is 0 Å². The van der Waals surface area contributed by atoms with Crippen molar-refractivity contribution in [2.45, 2.75) is 13.3 Å². The van der Waals surface area contributed by atoms with E-state index in [9.17, 15) is 9.59 Å². The van der Waals surface area contributed by atoms with Crippen LogP contribution in [0.3, 0.4) is 0 Å². The Morgan fingerprint density at radius 3 is 2.54 bits per heavy atom. The Hall–Kier alpha value is -2.98. The van der Waals surface area contributed by atoms with Gasteiger partial charge in [-0.15, -0.1) is 5.10 Å². The van der Waals surface area contributed by atoms with Crippen LogP contribution in [0.5, 0.6) is 0 Å². The molecule has 10 heteroatoms. The topological polar surface area (TPSA) is 129 Å². The molecule has 2 aromatic heterocycles. The second-order valence-corrected chi connectivity index (χ2v) is 6.13. The normalized spacial score (nSPS) is 14.6. The lowest BCUT2D eigenvalue weighted by Crippen LogP contribution is -2.37. The van der Waals surface area contributed by atoms with E-state index < -0.39 is 11.9 Å². The van der Waals surface area contributed by atoms with Gasteiger partial charge in [-0.2, -0.15) is 0 Å². The quantitative estimate of drug-likeness (QED) is 0.465. The predicted molar refractivity (Wildman–Crippen MR) is 103 cm³/mol. The second-order valence-electron chi connectivity index (χ2n) is 6.13. The standard InChI is InChI=1S/C14H21N5O.C4H4O4/c1-12-11-16-14-4-3-13(17-19(12)14)15-5-2-6-18-7-9-20-10-8-18;5-3(6)1-2-4(7)8/h3-4,11H,2,5-10H2,1H3,(H,15,17);1-2H,(H,5,6)(H,7,8)/b;2-1+. The van der Waals surface area contributed by atoms with Gasteiger partial charge in [0, 0.05) is 31.8 Å². The lowest BCUT2D eigenvalue weighted by atomic mass is 10.3. The molecule has 0 radical (unpaired) electrons. The molecule has 1 saturated heterocycles. The first kappa shape index (κ1) is 21.3. The van der Waals surface area contributed by atoms with Gasteiger partial charge in [0.05, 0.1) is 25.1 Å². The van der Waals surface area contributed by atoms with Gasteiger partial charge in [-0.1, -0.05) is 0 Å². The molecule has 0 amide bonds. The van der Waals surface area contributed by atoms with E-state index in [2.05, 4.69) is 20.3 Å². The summed E-state index contributed by atoms with van der Waals surface area (Å²) >= 11 is 0. The SMILES string of the molecule is Cc1cnc2ccc(NCCCN3CCOCC3)nn12.O=C(O)/C=C/C(=O)O. The largest absolute Gasteiger partial charge is 0.478 e. The second kappa shape index (κ2) is 11.0. The number of aliphatic carboxylic acids is 2. The molecule has 3 N–H and O–H groups in total. The third kappa shape index (κ3) is 7.33. The highest BCUT2D eigenvalue weighted by atomic mass is 16.5. The molecule has 0 saturated carbocycles. The summed E-state index contributed by atoms with van der Waals surface area (Å²) in [6.45, 7) is 7.90. The van der Waals surface area contributed by atoms with Crippen molar-refractivity contribution in [3.8, 4) is 0 Å². The van der Waals surface area contributed by atoms with Crippen molar-refractivity contribution in [1.29, 1.82) is 0 Å².